The Morgan fingerprint density at radius 1 is 1.24 bits per heavy atom. The van der Waals surface area contributed by atoms with Crippen LogP contribution in [0.25, 0.3) is 11.0 Å². The molecule has 3 atom stereocenters. The number of thioether (sulfide) groups is 1. The van der Waals surface area contributed by atoms with E-state index in [-0.39, 0.29) is 23.3 Å². The summed E-state index contributed by atoms with van der Waals surface area (Å²) in [7, 11) is 0. The van der Waals surface area contributed by atoms with Crippen LogP contribution in [0.4, 0.5) is 20.3 Å². The number of nitrogens with zero attached hydrogens (tertiary/aromatic N) is 5. The predicted molar refractivity (Wildman–Crippen MR) is 129 cm³/mol. The number of anilines is 2. The van der Waals surface area contributed by atoms with Gasteiger partial charge in [-0.15, -0.1) is 6.42 Å². The Kier molecular flexibility index (Phi) is 6.27. The lowest BCUT2D eigenvalue weighted by molar-refractivity contribution is 0.220. The molecule has 3 aromatic heterocycles. The van der Waals surface area contributed by atoms with Gasteiger partial charge in [-0.1, -0.05) is 24.6 Å². The topological polar surface area (TPSA) is 111 Å². The minimum atomic E-state index is -1.12. The minimum absolute atomic E-state index is 0.109. The van der Waals surface area contributed by atoms with E-state index in [9.17, 15) is 8.78 Å². The van der Waals surface area contributed by atoms with Crippen LogP contribution in [0.1, 0.15) is 26.3 Å². The molecule has 0 amide bonds. The Bertz CT molecular complexity index is 1310. The molecule has 0 spiro atoms. The van der Waals surface area contributed by atoms with E-state index in [0.29, 0.717) is 28.3 Å². The molecule has 176 valence electrons. The summed E-state index contributed by atoms with van der Waals surface area (Å²) in [6, 6.07) is 3.28. The fourth-order valence-electron chi connectivity index (χ4n) is 3.94. The molecule has 4 rings (SSSR count). The molecule has 0 saturated carbocycles. The fraction of sp³-hybridized carbons (Fsp3) is 0.348. The van der Waals surface area contributed by atoms with Crippen LogP contribution in [0.2, 0.25) is 0 Å². The van der Waals surface area contributed by atoms with Crippen molar-refractivity contribution in [2.24, 2.45) is 16.6 Å². The summed E-state index contributed by atoms with van der Waals surface area (Å²) in [5.41, 5.74) is 6.55. The molecule has 0 radical (unpaired) electrons. The lowest BCUT2D eigenvalue weighted by atomic mass is 9.74. The number of alkyl halides is 1. The largest absolute Gasteiger partial charge is 0.479 e. The number of pyridine rings is 2. The van der Waals surface area contributed by atoms with Gasteiger partial charge in [0.15, 0.2) is 11.0 Å². The molecule has 1 aliphatic heterocycles. The van der Waals surface area contributed by atoms with Crippen LogP contribution < -0.4 is 15.8 Å². The quantitative estimate of drug-likeness (QED) is 0.400. The van der Waals surface area contributed by atoms with Crippen LogP contribution in [-0.4, -0.2) is 43.1 Å². The zero-order valence-corrected chi connectivity index (χ0v) is 19.7. The van der Waals surface area contributed by atoms with E-state index in [2.05, 4.69) is 36.2 Å². The molecule has 0 bridgehead atoms. The average Bonchev–Trinajstić information content (AvgIpc) is 2.82. The molecule has 34 heavy (non-hydrogen) atoms. The van der Waals surface area contributed by atoms with Gasteiger partial charge in [0.05, 0.1) is 33.9 Å². The lowest BCUT2D eigenvalue weighted by Gasteiger charge is -2.46. The number of aromatic nitrogens is 4. The number of fused-ring (bicyclic) bond motifs is 1. The monoisotopic (exact) mass is 483 g/mol. The van der Waals surface area contributed by atoms with E-state index in [1.54, 1.807) is 26.0 Å². The second kappa shape index (κ2) is 9.02. The first-order chi connectivity index (χ1) is 16.2. The van der Waals surface area contributed by atoms with Crippen molar-refractivity contribution in [2.75, 3.05) is 18.6 Å². The van der Waals surface area contributed by atoms with Crippen molar-refractivity contribution in [2.45, 2.75) is 31.1 Å². The maximum Gasteiger partial charge on any atom is 0.218 e. The van der Waals surface area contributed by atoms with E-state index in [1.165, 1.54) is 18.7 Å². The summed E-state index contributed by atoms with van der Waals surface area (Å²) in [6.07, 6.45) is 9.45. The molecule has 4 heterocycles. The third-order valence-electron chi connectivity index (χ3n) is 6.12. The molecule has 0 fully saturated rings. The zero-order valence-electron chi connectivity index (χ0n) is 18.8. The van der Waals surface area contributed by atoms with Crippen LogP contribution in [0.3, 0.4) is 0 Å². The molecule has 0 unspecified atom stereocenters. The molecule has 0 saturated heterocycles. The lowest BCUT2D eigenvalue weighted by Crippen LogP contribution is -2.49. The van der Waals surface area contributed by atoms with Crippen molar-refractivity contribution in [3.63, 3.8) is 0 Å². The summed E-state index contributed by atoms with van der Waals surface area (Å²) >= 11 is 1.16. The Balaban J connectivity index is 1.72. The average molecular weight is 484 g/mol. The van der Waals surface area contributed by atoms with Gasteiger partial charge in [-0.05, 0) is 19.9 Å². The smallest absolute Gasteiger partial charge is 0.218 e. The van der Waals surface area contributed by atoms with Gasteiger partial charge in [0, 0.05) is 17.5 Å². The minimum Gasteiger partial charge on any atom is -0.479 e. The first kappa shape index (κ1) is 23.6. The molecule has 0 aromatic carbocycles. The number of hydrogen-bond acceptors (Lipinski definition) is 9. The Hall–Kier alpha value is -3.52. The highest BCUT2D eigenvalue weighted by Crippen LogP contribution is 2.50. The fourth-order valence-corrected chi connectivity index (χ4v) is 5.11. The highest BCUT2D eigenvalue weighted by atomic mass is 32.2. The van der Waals surface area contributed by atoms with Crippen molar-refractivity contribution in [1.29, 1.82) is 0 Å². The van der Waals surface area contributed by atoms with E-state index >= 15 is 0 Å². The van der Waals surface area contributed by atoms with Crippen molar-refractivity contribution >= 4 is 39.5 Å². The van der Waals surface area contributed by atoms with Gasteiger partial charge >= 0.3 is 0 Å². The van der Waals surface area contributed by atoms with E-state index < -0.39 is 22.9 Å². The highest BCUT2D eigenvalue weighted by Gasteiger charge is 2.50. The maximum atomic E-state index is 15.0. The summed E-state index contributed by atoms with van der Waals surface area (Å²) in [5.74, 6) is 2.18. The second-order valence-electron chi connectivity index (χ2n) is 8.31. The first-order valence-electron chi connectivity index (χ1n) is 10.4. The second-order valence-corrected chi connectivity index (χ2v) is 9.86. The molecule has 3 aromatic rings. The standard InChI is InChI=1S/C23H23F2N7OS/c1-5-6-33-15-8-17-18(27-10-15)20(30-12-29-17)31-14-7-16(19(25)28-9-14)23(4)13(2)22(3,11-24)34-21(26)32-23/h1,7-10,12-13H,6,11H2,2-4H3,(H2,26,32)(H,29,30,31)/t13-,22-,23+/m1/s1. The Labute approximate surface area is 199 Å². The molecule has 3 N–H and O–H groups in total. The van der Waals surface area contributed by atoms with Crippen LogP contribution in [0.5, 0.6) is 5.75 Å². The normalized spacial score (nSPS) is 24.4. The Morgan fingerprint density at radius 2 is 2.03 bits per heavy atom. The van der Waals surface area contributed by atoms with Crippen LogP contribution >= 0.6 is 11.8 Å². The predicted octanol–water partition coefficient (Wildman–Crippen LogP) is 3.96. The number of ether oxygens (including phenoxy) is 1. The van der Waals surface area contributed by atoms with Gasteiger partial charge in [0.1, 0.15) is 30.9 Å². The van der Waals surface area contributed by atoms with Crippen molar-refractivity contribution in [1.82, 2.24) is 19.9 Å². The molecule has 0 aliphatic carbocycles. The molecule has 1 aliphatic rings. The number of amidine groups is 1. The van der Waals surface area contributed by atoms with Gasteiger partial charge in [-0.2, -0.15) is 4.39 Å². The third-order valence-corrected chi connectivity index (χ3v) is 7.35. The van der Waals surface area contributed by atoms with E-state index in [4.69, 9.17) is 16.9 Å². The number of terminal acetylenes is 1. The highest BCUT2D eigenvalue weighted by molar-refractivity contribution is 8.15. The molecule has 8 nitrogen and oxygen atoms in total. The number of nitrogens with two attached hydrogens (primary N) is 1. The van der Waals surface area contributed by atoms with Crippen LogP contribution in [0.15, 0.2) is 35.8 Å². The summed E-state index contributed by atoms with van der Waals surface area (Å²) in [4.78, 5) is 21.3. The third kappa shape index (κ3) is 4.21. The van der Waals surface area contributed by atoms with Gasteiger partial charge in [0.25, 0.3) is 0 Å². The molecular weight excluding hydrogens is 460 g/mol. The van der Waals surface area contributed by atoms with Crippen LogP contribution in [-0.2, 0) is 5.54 Å². The van der Waals surface area contributed by atoms with Crippen molar-refractivity contribution < 1.29 is 13.5 Å². The summed E-state index contributed by atoms with van der Waals surface area (Å²) in [6.45, 7) is 4.81. The number of hydrogen-bond donors (Lipinski definition) is 2. The first-order valence-corrected chi connectivity index (χ1v) is 11.2. The van der Waals surface area contributed by atoms with E-state index in [1.807, 2.05) is 6.92 Å². The number of rotatable bonds is 6. The maximum absolute atomic E-state index is 15.0. The van der Waals surface area contributed by atoms with Crippen molar-refractivity contribution in [3.8, 4) is 18.1 Å². The van der Waals surface area contributed by atoms with Crippen molar-refractivity contribution in [3.05, 3.63) is 42.4 Å². The zero-order chi connectivity index (χ0) is 24.5. The Morgan fingerprint density at radius 3 is 2.76 bits per heavy atom. The summed E-state index contributed by atoms with van der Waals surface area (Å²) in [5, 5.41) is 3.32. The number of aliphatic imine (C=N–C) groups is 1. The molecular formula is C23H23F2N7OS. The van der Waals surface area contributed by atoms with E-state index in [0.717, 1.165) is 11.8 Å². The van der Waals surface area contributed by atoms with Gasteiger partial charge in [-0.3, -0.25) is 4.99 Å². The number of nitrogens with one attached hydrogen (secondary N) is 1. The SMILES string of the molecule is C#CCOc1cnc2c(Nc3cnc(F)c([C@@]4(C)N=C(N)S[C@](C)(CF)[C@H]4C)c3)ncnc2c1. The van der Waals surface area contributed by atoms with Gasteiger partial charge < -0.3 is 15.8 Å². The summed E-state index contributed by atoms with van der Waals surface area (Å²) < 4.78 is 33.5. The molecule has 11 heteroatoms. The number of halogens is 2. The van der Waals surface area contributed by atoms with Gasteiger partial charge in [0.2, 0.25) is 5.95 Å². The van der Waals surface area contributed by atoms with Gasteiger partial charge in [-0.25, -0.2) is 24.3 Å². The van der Waals surface area contributed by atoms with Crippen LogP contribution in [0, 0.1) is 24.2 Å².